The van der Waals surface area contributed by atoms with Gasteiger partial charge in [0.2, 0.25) is 0 Å². The second-order valence-corrected chi connectivity index (χ2v) is 10.1. The molecule has 6 nitrogen and oxygen atoms in total. The summed E-state index contributed by atoms with van der Waals surface area (Å²) < 4.78 is 0. The number of aryl methyl sites for hydroxylation is 1. The maximum absolute atomic E-state index is 13.3. The molecule has 0 aliphatic carbocycles. The number of fused-ring (bicyclic) bond motifs is 1. The van der Waals surface area contributed by atoms with Crippen molar-refractivity contribution in [1.29, 1.82) is 0 Å². The van der Waals surface area contributed by atoms with E-state index in [2.05, 4.69) is 64.7 Å². The topological polar surface area (TPSA) is 77.2 Å². The Morgan fingerprint density at radius 3 is 2.27 bits per heavy atom. The Hall–Kier alpha value is -4.42. The molecule has 40 heavy (non-hydrogen) atoms. The van der Waals surface area contributed by atoms with Gasteiger partial charge in [-0.3, -0.25) is 9.59 Å². The van der Waals surface area contributed by atoms with E-state index >= 15 is 0 Å². The van der Waals surface area contributed by atoms with E-state index in [9.17, 15) is 9.59 Å². The molecule has 0 radical (unpaired) electrons. The molecule has 0 saturated carbocycles. The fraction of sp³-hybridized carbons (Fsp3) is 0.235. The predicted octanol–water partition coefficient (Wildman–Crippen LogP) is 6.53. The zero-order valence-electron chi connectivity index (χ0n) is 23.6. The lowest BCUT2D eigenvalue weighted by molar-refractivity contribution is -0.110. The maximum atomic E-state index is 13.3. The van der Waals surface area contributed by atoms with Gasteiger partial charge < -0.3 is 20.5 Å². The molecular weight excluding hydrogens is 496 g/mol. The van der Waals surface area contributed by atoms with Crippen LogP contribution in [0, 0.1) is 13.8 Å². The van der Waals surface area contributed by atoms with Crippen LogP contribution in [0.4, 0.5) is 5.69 Å². The summed E-state index contributed by atoms with van der Waals surface area (Å²) in [5.41, 5.74) is 9.49. The van der Waals surface area contributed by atoms with E-state index < -0.39 is 0 Å². The van der Waals surface area contributed by atoms with Crippen LogP contribution in [0.25, 0.3) is 33.9 Å². The Labute approximate surface area is 236 Å². The van der Waals surface area contributed by atoms with Crippen LogP contribution < -0.4 is 10.6 Å². The number of benzene rings is 3. The molecule has 2 amide bonds. The summed E-state index contributed by atoms with van der Waals surface area (Å²) in [5, 5.41) is 6.11. The van der Waals surface area contributed by atoms with Crippen molar-refractivity contribution < 1.29 is 9.59 Å². The highest BCUT2D eigenvalue weighted by molar-refractivity contribution is 6.36. The van der Waals surface area contributed by atoms with E-state index in [1.165, 1.54) is 0 Å². The minimum Gasteiger partial charge on any atom is -0.358 e. The first-order valence-electron chi connectivity index (χ1n) is 13.9. The van der Waals surface area contributed by atoms with Crippen LogP contribution in [0.3, 0.4) is 0 Å². The number of hydrogen-bond donors (Lipinski definition) is 3. The van der Waals surface area contributed by atoms with E-state index in [4.69, 9.17) is 0 Å². The second kappa shape index (κ2) is 11.8. The van der Waals surface area contributed by atoms with Gasteiger partial charge in [0.05, 0.1) is 11.1 Å². The van der Waals surface area contributed by atoms with Gasteiger partial charge in [-0.2, -0.15) is 0 Å². The van der Waals surface area contributed by atoms with Crippen molar-refractivity contribution in [3.63, 3.8) is 0 Å². The zero-order valence-corrected chi connectivity index (χ0v) is 23.6. The molecule has 204 valence electrons. The van der Waals surface area contributed by atoms with Gasteiger partial charge in [0.15, 0.2) is 0 Å². The maximum Gasteiger partial charge on any atom is 0.256 e. The number of carbonyl (C=O) groups is 2. The number of nitrogens with zero attached hydrogens (tertiary/aromatic N) is 1. The molecule has 2 heterocycles. The number of rotatable bonds is 9. The quantitative estimate of drug-likeness (QED) is 0.215. The number of aromatic nitrogens is 1. The Bertz CT molecular complexity index is 1580. The average Bonchev–Trinajstić information content (AvgIpc) is 3.45. The predicted molar refractivity (Wildman–Crippen MR) is 164 cm³/mol. The smallest absolute Gasteiger partial charge is 0.256 e. The lowest BCUT2D eigenvalue weighted by Gasteiger charge is -2.18. The average molecular weight is 533 g/mol. The van der Waals surface area contributed by atoms with Crippen molar-refractivity contribution in [2.45, 2.75) is 27.7 Å². The van der Waals surface area contributed by atoms with Gasteiger partial charge in [0, 0.05) is 35.7 Å². The number of H-pyrrole nitrogens is 1. The molecule has 1 aromatic heterocycles. The molecule has 0 atom stereocenters. The Morgan fingerprint density at radius 1 is 0.875 bits per heavy atom. The highest BCUT2D eigenvalue weighted by Crippen LogP contribution is 2.43. The van der Waals surface area contributed by atoms with Crippen LogP contribution in [-0.4, -0.2) is 47.9 Å². The summed E-state index contributed by atoms with van der Waals surface area (Å²) in [5.74, 6) is -0.256. The van der Waals surface area contributed by atoms with Crippen LogP contribution in [0.5, 0.6) is 0 Å². The standard InChI is InChI=1S/C34H36N4O2/c1-5-38(6-2)20-19-35-34(40)31-22(3)30(36-23(31)4)21-28-32-27(17-12-18-29(32)37-33(28)39)26-16-11-10-15-25(26)24-13-8-7-9-14-24/h7-18,21,36H,5-6,19-20H2,1-4H3,(H,35,40)(H,37,39). The number of carbonyl (C=O) groups excluding carboxylic acids is 2. The molecule has 4 aromatic rings. The van der Waals surface area contributed by atoms with Crippen molar-refractivity contribution in [2.24, 2.45) is 0 Å². The van der Waals surface area contributed by atoms with Crippen LogP contribution in [0.2, 0.25) is 0 Å². The number of anilines is 1. The molecule has 0 fully saturated rings. The van der Waals surface area contributed by atoms with E-state index in [0.29, 0.717) is 17.7 Å². The highest BCUT2D eigenvalue weighted by atomic mass is 16.2. The number of nitrogens with one attached hydrogen (secondary N) is 3. The number of likely N-dealkylation sites (N-methyl/N-ethyl adjacent to an activating group) is 1. The van der Waals surface area contributed by atoms with Crippen LogP contribution in [0.15, 0.2) is 72.8 Å². The summed E-state index contributed by atoms with van der Waals surface area (Å²) in [6.07, 6.45) is 1.88. The van der Waals surface area contributed by atoms with Crippen LogP contribution >= 0.6 is 0 Å². The van der Waals surface area contributed by atoms with Gasteiger partial charge >= 0.3 is 0 Å². The van der Waals surface area contributed by atoms with Gasteiger partial charge in [-0.05, 0) is 66.9 Å². The summed E-state index contributed by atoms with van der Waals surface area (Å²) >= 11 is 0. The van der Waals surface area contributed by atoms with Gasteiger partial charge in [0.25, 0.3) is 11.8 Å². The molecule has 3 aromatic carbocycles. The number of hydrogen-bond acceptors (Lipinski definition) is 3. The van der Waals surface area contributed by atoms with Crippen molar-refractivity contribution in [1.82, 2.24) is 15.2 Å². The third kappa shape index (κ3) is 5.23. The molecule has 1 aliphatic heterocycles. The first kappa shape index (κ1) is 27.2. The molecule has 5 rings (SSSR count). The van der Waals surface area contributed by atoms with Crippen molar-refractivity contribution in [2.75, 3.05) is 31.5 Å². The lowest BCUT2D eigenvalue weighted by Crippen LogP contribution is -2.35. The minimum atomic E-state index is -0.156. The first-order chi connectivity index (χ1) is 19.4. The van der Waals surface area contributed by atoms with E-state index in [1.807, 2.05) is 62.4 Å². The third-order valence-corrected chi connectivity index (χ3v) is 7.73. The monoisotopic (exact) mass is 532 g/mol. The first-order valence-corrected chi connectivity index (χ1v) is 13.9. The molecule has 6 heteroatoms. The van der Waals surface area contributed by atoms with Crippen molar-refractivity contribution >= 4 is 29.2 Å². The third-order valence-electron chi connectivity index (χ3n) is 7.73. The van der Waals surface area contributed by atoms with Gasteiger partial charge in [0.1, 0.15) is 0 Å². The van der Waals surface area contributed by atoms with E-state index in [-0.39, 0.29) is 11.8 Å². The molecule has 0 saturated heterocycles. The number of aromatic amines is 1. The van der Waals surface area contributed by atoms with E-state index in [1.54, 1.807) is 0 Å². The van der Waals surface area contributed by atoms with Crippen molar-refractivity contribution in [3.8, 4) is 22.3 Å². The van der Waals surface area contributed by atoms with Crippen molar-refractivity contribution in [3.05, 3.63) is 101 Å². The normalized spacial score (nSPS) is 13.5. The summed E-state index contributed by atoms with van der Waals surface area (Å²) in [4.78, 5) is 32.1. The van der Waals surface area contributed by atoms with Gasteiger partial charge in [-0.1, -0.05) is 80.6 Å². The van der Waals surface area contributed by atoms with Crippen LogP contribution in [-0.2, 0) is 4.79 Å². The summed E-state index contributed by atoms with van der Waals surface area (Å²) in [6.45, 7) is 11.4. The van der Waals surface area contributed by atoms with E-state index in [0.717, 1.165) is 70.1 Å². The zero-order chi connectivity index (χ0) is 28.2. The largest absolute Gasteiger partial charge is 0.358 e. The van der Waals surface area contributed by atoms with Crippen LogP contribution in [0.1, 0.15) is 46.7 Å². The number of amides is 2. The highest BCUT2D eigenvalue weighted by Gasteiger charge is 2.29. The SMILES string of the molecule is CCN(CC)CCNC(=O)c1c(C)[nH]c(C=C2C(=O)Nc3cccc(-c4ccccc4-c4ccccc4)c32)c1C. The molecule has 3 N–H and O–H groups in total. The molecule has 0 bridgehead atoms. The molecule has 0 unspecified atom stereocenters. The molecular formula is C34H36N4O2. The molecule has 0 spiro atoms. The van der Waals surface area contributed by atoms with Gasteiger partial charge in [-0.25, -0.2) is 0 Å². The fourth-order valence-electron chi connectivity index (χ4n) is 5.56. The fourth-order valence-corrected chi connectivity index (χ4v) is 5.56. The minimum absolute atomic E-state index is 0.100. The summed E-state index contributed by atoms with van der Waals surface area (Å²) in [6, 6.07) is 24.5. The van der Waals surface area contributed by atoms with Gasteiger partial charge in [-0.15, -0.1) is 0 Å². The second-order valence-electron chi connectivity index (χ2n) is 10.1. The Morgan fingerprint density at radius 2 is 1.55 bits per heavy atom. The molecule has 1 aliphatic rings. The lowest BCUT2D eigenvalue weighted by atomic mass is 9.89. The Kier molecular flexibility index (Phi) is 7.99. The summed E-state index contributed by atoms with van der Waals surface area (Å²) in [7, 11) is 0. The Balaban J connectivity index is 1.52.